The average molecular weight is 446 g/mol. The third-order valence-electron chi connectivity index (χ3n) is 6.77. The quantitative estimate of drug-likeness (QED) is 0.356. The van der Waals surface area contributed by atoms with Crippen molar-refractivity contribution in [2.75, 3.05) is 19.7 Å². The molecule has 0 N–H and O–H groups in total. The normalized spacial score (nSPS) is 18.8. The maximum Gasteiger partial charge on any atom is 0.137 e. The van der Waals surface area contributed by atoms with Gasteiger partial charge in [0.15, 0.2) is 0 Å². The molecule has 1 aliphatic heterocycles. The Morgan fingerprint density at radius 1 is 0.939 bits per heavy atom. The Hall–Kier alpha value is -2.43. The Kier molecular flexibility index (Phi) is 8.00. The monoisotopic (exact) mass is 445 g/mol. The Morgan fingerprint density at radius 3 is 2.42 bits per heavy atom. The number of aryl methyl sites for hydroxylation is 3. The fourth-order valence-corrected chi connectivity index (χ4v) is 5.11. The molecular formula is C29H39N3O. The van der Waals surface area contributed by atoms with Crippen LogP contribution in [0.2, 0.25) is 0 Å². The van der Waals surface area contributed by atoms with Gasteiger partial charge in [-0.25, -0.2) is 4.98 Å². The zero-order valence-electron chi connectivity index (χ0n) is 20.8. The highest BCUT2D eigenvalue weighted by molar-refractivity contribution is 5.36. The van der Waals surface area contributed by atoms with Crippen molar-refractivity contribution < 1.29 is 4.74 Å². The van der Waals surface area contributed by atoms with E-state index in [-0.39, 0.29) is 6.10 Å². The lowest BCUT2D eigenvalue weighted by molar-refractivity contribution is 0.0316. The lowest BCUT2D eigenvalue weighted by Crippen LogP contribution is -2.25. The molecule has 2 aromatic heterocycles. The summed E-state index contributed by atoms with van der Waals surface area (Å²) in [7, 11) is 0. The van der Waals surface area contributed by atoms with Gasteiger partial charge in [-0.2, -0.15) is 0 Å². The van der Waals surface area contributed by atoms with Gasteiger partial charge in [0.1, 0.15) is 5.82 Å². The SMILES string of the molecule is CCCCCO[C@H]1CN(Cc2ccccc2)C[C@H]1Cc1cc(C)cc(-n2c(C)ccc2C)n1. The summed E-state index contributed by atoms with van der Waals surface area (Å²) in [5.74, 6) is 1.49. The van der Waals surface area contributed by atoms with Gasteiger partial charge in [-0.05, 0) is 69.0 Å². The minimum Gasteiger partial charge on any atom is -0.377 e. The molecule has 0 amide bonds. The highest BCUT2D eigenvalue weighted by Crippen LogP contribution is 2.27. The molecule has 0 radical (unpaired) electrons. The molecule has 33 heavy (non-hydrogen) atoms. The first-order valence-corrected chi connectivity index (χ1v) is 12.5. The standard InChI is InChI=1S/C29H39N3O/c1-5-6-10-15-33-28-21-31(19-25-11-8-7-9-12-25)20-26(28)18-27-16-22(2)17-29(30-27)32-23(3)13-14-24(32)4/h7-9,11-14,16-17,26,28H,5-6,10,15,18-21H2,1-4H3/t26-,28+/m1/s1. The number of benzene rings is 1. The first-order valence-electron chi connectivity index (χ1n) is 12.5. The van der Waals surface area contributed by atoms with Crippen molar-refractivity contribution in [3.8, 4) is 5.82 Å². The number of pyridine rings is 1. The van der Waals surface area contributed by atoms with Gasteiger partial charge < -0.3 is 9.30 Å². The van der Waals surface area contributed by atoms with E-state index in [4.69, 9.17) is 9.72 Å². The summed E-state index contributed by atoms with van der Waals surface area (Å²) in [6.45, 7) is 12.6. The molecule has 1 aromatic carbocycles. The van der Waals surface area contributed by atoms with E-state index in [9.17, 15) is 0 Å². The molecule has 0 unspecified atom stereocenters. The molecule has 3 heterocycles. The number of nitrogens with zero attached hydrogens (tertiary/aromatic N) is 3. The Morgan fingerprint density at radius 2 is 1.70 bits per heavy atom. The summed E-state index contributed by atoms with van der Waals surface area (Å²) >= 11 is 0. The van der Waals surface area contributed by atoms with Gasteiger partial charge in [0, 0.05) is 49.2 Å². The maximum absolute atomic E-state index is 6.45. The van der Waals surface area contributed by atoms with Gasteiger partial charge in [0.2, 0.25) is 0 Å². The van der Waals surface area contributed by atoms with Crippen LogP contribution in [0.5, 0.6) is 0 Å². The third-order valence-corrected chi connectivity index (χ3v) is 6.77. The number of hydrogen-bond donors (Lipinski definition) is 0. The molecular weight excluding hydrogens is 406 g/mol. The van der Waals surface area contributed by atoms with Crippen LogP contribution in [0.4, 0.5) is 0 Å². The van der Waals surface area contributed by atoms with Crippen molar-refractivity contribution in [3.63, 3.8) is 0 Å². The highest BCUT2D eigenvalue weighted by atomic mass is 16.5. The van der Waals surface area contributed by atoms with Crippen molar-refractivity contribution in [1.29, 1.82) is 0 Å². The number of aromatic nitrogens is 2. The smallest absolute Gasteiger partial charge is 0.137 e. The van der Waals surface area contributed by atoms with E-state index in [1.54, 1.807) is 0 Å². The van der Waals surface area contributed by atoms with Gasteiger partial charge in [-0.1, -0.05) is 50.1 Å². The topological polar surface area (TPSA) is 30.3 Å². The van der Waals surface area contributed by atoms with E-state index in [0.717, 1.165) is 44.9 Å². The van der Waals surface area contributed by atoms with Crippen LogP contribution < -0.4 is 0 Å². The number of unbranched alkanes of at least 4 members (excludes halogenated alkanes) is 2. The van der Waals surface area contributed by atoms with Gasteiger partial charge in [-0.3, -0.25) is 4.90 Å². The summed E-state index contributed by atoms with van der Waals surface area (Å²) in [5, 5.41) is 0. The van der Waals surface area contributed by atoms with Crippen LogP contribution in [0.25, 0.3) is 5.82 Å². The zero-order valence-corrected chi connectivity index (χ0v) is 20.8. The van der Waals surface area contributed by atoms with E-state index < -0.39 is 0 Å². The van der Waals surface area contributed by atoms with Crippen molar-refractivity contribution in [1.82, 2.24) is 14.5 Å². The summed E-state index contributed by atoms with van der Waals surface area (Å²) in [6, 6.07) is 19.6. The molecule has 4 rings (SSSR count). The van der Waals surface area contributed by atoms with Crippen molar-refractivity contribution in [2.45, 2.75) is 66.0 Å². The average Bonchev–Trinajstić information content (AvgIpc) is 3.33. The minimum absolute atomic E-state index is 0.270. The first kappa shape index (κ1) is 23.7. The summed E-state index contributed by atoms with van der Waals surface area (Å²) < 4.78 is 8.71. The van der Waals surface area contributed by atoms with E-state index >= 15 is 0 Å². The highest BCUT2D eigenvalue weighted by Gasteiger charge is 2.34. The lowest BCUT2D eigenvalue weighted by atomic mass is 9.98. The molecule has 1 saturated heterocycles. The van der Waals surface area contributed by atoms with Gasteiger partial charge >= 0.3 is 0 Å². The molecule has 0 bridgehead atoms. The Labute approximate surface area is 199 Å². The number of ether oxygens (including phenoxy) is 1. The second-order valence-corrected chi connectivity index (χ2v) is 9.71. The van der Waals surface area contributed by atoms with Crippen molar-refractivity contribution >= 4 is 0 Å². The van der Waals surface area contributed by atoms with Crippen LogP contribution >= 0.6 is 0 Å². The third kappa shape index (κ3) is 6.13. The fraction of sp³-hybridized carbons (Fsp3) is 0.483. The molecule has 3 aromatic rings. The molecule has 4 heteroatoms. The Bertz CT molecular complexity index is 1010. The zero-order chi connectivity index (χ0) is 23.2. The second-order valence-electron chi connectivity index (χ2n) is 9.71. The number of likely N-dealkylation sites (tertiary alicyclic amines) is 1. The van der Waals surface area contributed by atoms with Crippen LogP contribution in [0.1, 0.15) is 54.4 Å². The number of hydrogen-bond acceptors (Lipinski definition) is 3. The van der Waals surface area contributed by atoms with Crippen molar-refractivity contribution in [2.24, 2.45) is 5.92 Å². The van der Waals surface area contributed by atoms with Crippen molar-refractivity contribution in [3.05, 3.63) is 82.8 Å². The van der Waals surface area contributed by atoms with E-state index in [0.29, 0.717) is 5.92 Å². The molecule has 4 nitrogen and oxygen atoms in total. The second kappa shape index (κ2) is 11.1. The molecule has 1 aliphatic rings. The summed E-state index contributed by atoms with van der Waals surface area (Å²) in [6.07, 6.45) is 4.84. The van der Waals surface area contributed by atoms with Gasteiger partial charge in [-0.15, -0.1) is 0 Å². The molecule has 176 valence electrons. The molecule has 0 aliphatic carbocycles. The molecule has 0 spiro atoms. The molecule has 1 fully saturated rings. The molecule has 2 atom stereocenters. The van der Waals surface area contributed by atoms with Crippen LogP contribution in [0, 0.1) is 26.7 Å². The van der Waals surface area contributed by atoms with Gasteiger partial charge in [0.25, 0.3) is 0 Å². The minimum atomic E-state index is 0.270. The van der Waals surface area contributed by atoms with Crippen LogP contribution in [0.3, 0.4) is 0 Å². The summed E-state index contributed by atoms with van der Waals surface area (Å²) in [5.41, 5.74) is 6.26. The molecule has 0 saturated carbocycles. The Balaban J connectivity index is 1.51. The first-order chi connectivity index (χ1) is 16.0. The van der Waals surface area contributed by atoms with Crippen LogP contribution in [0.15, 0.2) is 54.6 Å². The van der Waals surface area contributed by atoms with Crippen LogP contribution in [-0.4, -0.2) is 40.3 Å². The summed E-state index contributed by atoms with van der Waals surface area (Å²) in [4.78, 5) is 7.66. The van der Waals surface area contributed by atoms with E-state index in [2.05, 4.69) is 91.8 Å². The van der Waals surface area contributed by atoms with Gasteiger partial charge in [0.05, 0.1) is 6.10 Å². The largest absolute Gasteiger partial charge is 0.377 e. The van der Waals surface area contributed by atoms with Crippen LogP contribution in [-0.2, 0) is 17.7 Å². The predicted octanol–water partition coefficient (Wildman–Crippen LogP) is 6.05. The fourth-order valence-electron chi connectivity index (χ4n) is 5.11. The maximum atomic E-state index is 6.45. The van der Waals surface area contributed by atoms with E-state index in [1.807, 2.05) is 0 Å². The number of rotatable bonds is 10. The predicted molar refractivity (Wildman–Crippen MR) is 136 cm³/mol. The van der Waals surface area contributed by atoms with E-state index in [1.165, 1.54) is 41.1 Å². The lowest BCUT2D eigenvalue weighted by Gasteiger charge is -2.20.